The maximum Gasteiger partial charge on any atom is 0.0942 e. The quantitative estimate of drug-likeness (QED) is 0.354. The van der Waals surface area contributed by atoms with Crippen molar-refractivity contribution in [3.8, 4) is 0 Å². The Bertz CT molecular complexity index is 84.2. The van der Waals surface area contributed by atoms with E-state index in [0.29, 0.717) is 0 Å². The minimum Gasteiger partial charge on any atom is -0.394 e. The van der Waals surface area contributed by atoms with Crippen molar-refractivity contribution in [3.63, 3.8) is 0 Å². The van der Waals surface area contributed by atoms with Gasteiger partial charge >= 0.3 is 0 Å². The Hall–Kier alpha value is -0.280. The van der Waals surface area contributed by atoms with Crippen LogP contribution < -0.4 is 0 Å². The lowest BCUT2D eigenvalue weighted by Crippen LogP contribution is -2.22. The third-order valence-electron chi connectivity index (χ3n) is 0.829. The second kappa shape index (κ2) is 15.2. The molecule has 0 fully saturated rings. The number of hydroxylamine groups is 2. The zero-order chi connectivity index (χ0) is 11.2. The van der Waals surface area contributed by atoms with Crippen molar-refractivity contribution in [3.05, 3.63) is 0 Å². The maximum absolute atomic E-state index is 8.28. The topological polar surface area (TPSA) is 103 Å². The minimum absolute atomic E-state index is 0.0488. The van der Waals surface area contributed by atoms with E-state index in [1.807, 2.05) is 0 Å². The van der Waals surface area contributed by atoms with E-state index in [2.05, 4.69) is 0 Å². The van der Waals surface area contributed by atoms with E-state index in [0.717, 1.165) is 5.23 Å². The summed E-state index contributed by atoms with van der Waals surface area (Å²) in [5.41, 5.74) is 0. The second-order valence-corrected chi connectivity index (χ2v) is 2.00. The predicted octanol–water partition coefficient (Wildman–Crippen LogP) is -2.26. The van der Waals surface area contributed by atoms with Crippen LogP contribution >= 0.6 is 0 Å². The first kappa shape index (κ1) is 16.2. The summed E-state index contributed by atoms with van der Waals surface area (Å²) in [5, 5.41) is 32.9. The van der Waals surface area contributed by atoms with E-state index in [-0.39, 0.29) is 39.6 Å². The van der Waals surface area contributed by atoms with Gasteiger partial charge in [-0.25, -0.2) is 0 Å². The van der Waals surface area contributed by atoms with Gasteiger partial charge in [-0.1, -0.05) is 5.23 Å². The molecule has 0 saturated heterocycles. The lowest BCUT2D eigenvalue weighted by molar-refractivity contribution is -0.356. The van der Waals surface area contributed by atoms with Gasteiger partial charge in [0.15, 0.2) is 0 Å². The van der Waals surface area contributed by atoms with Crippen LogP contribution in [0, 0.1) is 0 Å². The smallest absolute Gasteiger partial charge is 0.0942 e. The molecule has 0 aliphatic rings. The molecule has 0 rings (SSSR count). The standard InChI is InChI=1S/C5H13NO4.C2H6O2/c1-6(9-4-2-7)10-5-3-8;3-1-2-4/h7-8H,2-5H2,1H3;3-4H,1-2H2. The van der Waals surface area contributed by atoms with Crippen molar-refractivity contribution in [2.45, 2.75) is 0 Å². The first-order valence-electron chi connectivity index (χ1n) is 4.15. The van der Waals surface area contributed by atoms with Gasteiger partial charge in [-0.3, -0.25) is 9.68 Å². The molecule has 0 aromatic rings. The van der Waals surface area contributed by atoms with Crippen LogP contribution in [0.3, 0.4) is 0 Å². The van der Waals surface area contributed by atoms with Crippen LogP contribution in [0.25, 0.3) is 0 Å². The molecule has 0 heterocycles. The molecule has 7 heteroatoms. The van der Waals surface area contributed by atoms with Crippen LogP contribution in [0.2, 0.25) is 0 Å². The number of aliphatic hydroxyl groups is 4. The lowest BCUT2D eigenvalue weighted by Gasteiger charge is -2.13. The molecular weight excluding hydrogens is 194 g/mol. The molecule has 0 saturated carbocycles. The van der Waals surface area contributed by atoms with Gasteiger partial charge in [-0.05, 0) is 0 Å². The van der Waals surface area contributed by atoms with E-state index in [1.165, 1.54) is 0 Å². The third kappa shape index (κ3) is 17.7. The Labute approximate surface area is 83.0 Å². The Balaban J connectivity index is 0. The Morgan fingerprint density at radius 1 is 0.786 bits per heavy atom. The molecule has 0 radical (unpaired) electrons. The fourth-order valence-corrected chi connectivity index (χ4v) is 0.376. The van der Waals surface area contributed by atoms with Crippen LogP contribution in [0.4, 0.5) is 0 Å². The fraction of sp³-hybridized carbons (Fsp3) is 1.00. The summed E-state index contributed by atoms with van der Waals surface area (Å²) in [5.74, 6) is 0. The number of rotatable bonds is 7. The van der Waals surface area contributed by atoms with Crippen LogP contribution in [-0.2, 0) is 9.68 Å². The van der Waals surface area contributed by atoms with Crippen LogP contribution in [-0.4, -0.2) is 72.3 Å². The summed E-state index contributed by atoms with van der Waals surface area (Å²) in [6, 6.07) is 0. The summed E-state index contributed by atoms with van der Waals surface area (Å²) in [4.78, 5) is 9.49. The predicted molar refractivity (Wildman–Crippen MR) is 48.0 cm³/mol. The van der Waals surface area contributed by atoms with Gasteiger partial charge in [0.1, 0.15) is 0 Å². The van der Waals surface area contributed by atoms with E-state index in [9.17, 15) is 0 Å². The molecular formula is C7H19NO6. The number of aliphatic hydroxyl groups excluding tert-OH is 4. The molecule has 7 nitrogen and oxygen atoms in total. The zero-order valence-electron chi connectivity index (χ0n) is 8.30. The van der Waals surface area contributed by atoms with Gasteiger partial charge in [0.25, 0.3) is 0 Å². The number of hydrogen-bond acceptors (Lipinski definition) is 7. The highest BCUT2D eigenvalue weighted by Gasteiger charge is 1.95. The molecule has 0 amide bonds. The molecule has 0 aromatic carbocycles. The summed E-state index contributed by atoms with van der Waals surface area (Å²) in [6.07, 6.45) is 0. The molecule has 0 aliphatic heterocycles. The van der Waals surface area contributed by atoms with Gasteiger partial charge in [0.2, 0.25) is 0 Å². The van der Waals surface area contributed by atoms with Crippen molar-refractivity contribution in [1.29, 1.82) is 0 Å². The van der Waals surface area contributed by atoms with E-state index < -0.39 is 0 Å². The van der Waals surface area contributed by atoms with Crippen molar-refractivity contribution >= 4 is 0 Å². The highest BCUT2D eigenvalue weighted by atomic mass is 16.9. The highest BCUT2D eigenvalue weighted by Crippen LogP contribution is 1.85. The average Bonchev–Trinajstić information content (AvgIpc) is 2.23. The fourth-order valence-electron chi connectivity index (χ4n) is 0.376. The van der Waals surface area contributed by atoms with Gasteiger partial charge < -0.3 is 20.4 Å². The van der Waals surface area contributed by atoms with Crippen LogP contribution in [0.15, 0.2) is 0 Å². The molecule has 14 heavy (non-hydrogen) atoms. The van der Waals surface area contributed by atoms with Gasteiger partial charge in [-0.2, -0.15) is 0 Å². The molecule has 0 spiro atoms. The Kier molecular flexibility index (Phi) is 17.6. The first-order chi connectivity index (χ1) is 6.72. The van der Waals surface area contributed by atoms with Crippen molar-refractivity contribution in [1.82, 2.24) is 5.23 Å². The van der Waals surface area contributed by atoms with Crippen LogP contribution in [0.5, 0.6) is 0 Å². The lowest BCUT2D eigenvalue weighted by atomic mass is 10.8. The van der Waals surface area contributed by atoms with E-state index in [1.54, 1.807) is 7.05 Å². The van der Waals surface area contributed by atoms with Crippen LogP contribution in [0.1, 0.15) is 0 Å². The van der Waals surface area contributed by atoms with Crippen molar-refractivity contribution in [2.24, 2.45) is 0 Å². The molecule has 88 valence electrons. The summed E-state index contributed by atoms with van der Waals surface area (Å²) < 4.78 is 0. The van der Waals surface area contributed by atoms with E-state index in [4.69, 9.17) is 30.1 Å². The molecule has 4 N–H and O–H groups in total. The normalized spacial score (nSPS) is 9.86. The number of nitrogens with zero attached hydrogens (tertiary/aromatic N) is 1. The average molecular weight is 213 g/mol. The van der Waals surface area contributed by atoms with Gasteiger partial charge in [0, 0.05) is 7.05 Å². The summed E-state index contributed by atoms with van der Waals surface area (Å²) >= 11 is 0. The monoisotopic (exact) mass is 213 g/mol. The zero-order valence-corrected chi connectivity index (χ0v) is 8.30. The highest BCUT2D eigenvalue weighted by molar-refractivity contribution is 4.18. The SMILES string of the molecule is CN(OCCO)OCCO.OCCO. The molecule has 0 bridgehead atoms. The minimum atomic E-state index is -0.125. The molecule has 0 atom stereocenters. The first-order valence-corrected chi connectivity index (χ1v) is 4.15. The maximum atomic E-state index is 8.28. The summed E-state index contributed by atoms with van der Waals surface area (Å²) in [6.45, 7) is 0.0451. The van der Waals surface area contributed by atoms with Gasteiger partial charge in [-0.15, -0.1) is 0 Å². The third-order valence-corrected chi connectivity index (χ3v) is 0.829. The van der Waals surface area contributed by atoms with E-state index >= 15 is 0 Å². The Morgan fingerprint density at radius 3 is 1.36 bits per heavy atom. The molecule has 0 aliphatic carbocycles. The molecule has 0 unspecified atom stereocenters. The summed E-state index contributed by atoms with van der Waals surface area (Å²) in [7, 11) is 1.55. The Morgan fingerprint density at radius 2 is 1.14 bits per heavy atom. The van der Waals surface area contributed by atoms with Crippen molar-refractivity contribution < 1.29 is 30.1 Å². The second-order valence-electron chi connectivity index (χ2n) is 2.00. The van der Waals surface area contributed by atoms with Crippen molar-refractivity contribution in [2.75, 3.05) is 46.7 Å². The molecule has 0 aromatic heterocycles. The largest absolute Gasteiger partial charge is 0.394 e. The number of hydrogen-bond donors (Lipinski definition) is 4. The van der Waals surface area contributed by atoms with Gasteiger partial charge in [0.05, 0.1) is 39.6 Å².